The first-order chi connectivity index (χ1) is 14.5. The summed E-state index contributed by atoms with van der Waals surface area (Å²) in [6.45, 7) is 1.77. The van der Waals surface area contributed by atoms with Crippen molar-refractivity contribution in [2.45, 2.75) is 19.9 Å². The Morgan fingerprint density at radius 3 is 2.33 bits per heavy atom. The number of anilines is 1. The maximum absolute atomic E-state index is 12.4. The number of amides is 2. The van der Waals surface area contributed by atoms with E-state index in [4.69, 9.17) is 0 Å². The number of carbonyl (C=O) groups is 1. The molecule has 0 atom stereocenters. The van der Waals surface area contributed by atoms with Crippen molar-refractivity contribution in [2.24, 2.45) is 5.10 Å². The molecule has 0 spiro atoms. The molecule has 0 saturated carbocycles. The molecule has 0 bridgehead atoms. The van der Waals surface area contributed by atoms with Crippen molar-refractivity contribution in [1.29, 1.82) is 0 Å². The molecule has 2 aromatic carbocycles. The average molecular weight is 407 g/mol. The van der Waals surface area contributed by atoms with Crippen molar-refractivity contribution >= 4 is 17.4 Å². The summed E-state index contributed by atoms with van der Waals surface area (Å²) in [5.74, 6) is -0.515. The number of benzene rings is 2. The van der Waals surface area contributed by atoms with Gasteiger partial charge < -0.3 is 10.4 Å². The van der Waals surface area contributed by atoms with Crippen LogP contribution in [0.3, 0.4) is 0 Å². The van der Waals surface area contributed by atoms with Gasteiger partial charge in [0.1, 0.15) is 5.56 Å². The Kier molecular flexibility index (Phi) is 6.43. The number of aromatic nitrogens is 2. The SMILES string of the molecule is CC/C(=N/NC(=O)Nc1ccccc1)c1c(O)n(Cc2ccccc2)c(=O)[nH]c1=O. The summed E-state index contributed by atoms with van der Waals surface area (Å²) in [5, 5.41) is 17.2. The lowest BCUT2D eigenvalue weighted by Gasteiger charge is -2.12. The molecule has 2 amide bonds. The summed E-state index contributed by atoms with van der Waals surface area (Å²) >= 11 is 0. The summed E-state index contributed by atoms with van der Waals surface area (Å²) in [7, 11) is 0. The number of rotatable bonds is 6. The molecule has 1 aromatic heterocycles. The Bertz CT molecular complexity index is 1170. The van der Waals surface area contributed by atoms with E-state index in [9.17, 15) is 19.5 Å². The van der Waals surface area contributed by atoms with Crippen molar-refractivity contribution in [1.82, 2.24) is 15.0 Å². The first-order valence-electron chi connectivity index (χ1n) is 9.28. The van der Waals surface area contributed by atoms with E-state index in [0.717, 1.165) is 10.1 Å². The van der Waals surface area contributed by atoms with E-state index in [2.05, 4.69) is 20.8 Å². The van der Waals surface area contributed by atoms with Crippen molar-refractivity contribution in [3.05, 3.63) is 92.6 Å². The molecular weight excluding hydrogens is 386 g/mol. The summed E-state index contributed by atoms with van der Waals surface area (Å²) in [4.78, 5) is 38.8. The van der Waals surface area contributed by atoms with Crippen LogP contribution in [-0.4, -0.2) is 26.4 Å². The number of hydrogen-bond acceptors (Lipinski definition) is 5. The molecule has 0 aliphatic heterocycles. The average Bonchev–Trinajstić information content (AvgIpc) is 2.74. The normalized spacial score (nSPS) is 11.2. The molecule has 3 rings (SSSR count). The number of hydrogen-bond donors (Lipinski definition) is 4. The van der Waals surface area contributed by atoms with E-state index in [1.54, 1.807) is 55.5 Å². The molecule has 4 N–H and O–H groups in total. The van der Waals surface area contributed by atoms with Crippen LogP contribution >= 0.6 is 0 Å². The Morgan fingerprint density at radius 1 is 1.07 bits per heavy atom. The minimum absolute atomic E-state index is 0.0637. The number of nitrogens with one attached hydrogen (secondary N) is 3. The van der Waals surface area contributed by atoms with Crippen molar-refractivity contribution < 1.29 is 9.90 Å². The number of aromatic amines is 1. The first-order valence-corrected chi connectivity index (χ1v) is 9.28. The van der Waals surface area contributed by atoms with E-state index in [-0.39, 0.29) is 24.2 Å². The number of urea groups is 1. The molecule has 0 saturated heterocycles. The van der Waals surface area contributed by atoms with Gasteiger partial charge in [-0.15, -0.1) is 0 Å². The molecule has 0 radical (unpaired) electrons. The maximum atomic E-state index is 12.4. The van der Waals surface area contributed by atoms with E-state index in [1.807, 2.05) is 12.1 Å². The number of hydrazone groups is 1. The third-order valence-corrected chi connectivity index (χ3v) is 4.30. The van der Waals surface area contributed by atoms with Crippen LogP contribution in [0.15, 0.2) is 75.4 Å². The van der Waals surface area contributed by atoms with E-state index >= 15 is 0 Å². The fourth-order valence-electron chi connectivity index (χ4n) is 2.84. The van der Waals surface area contributed by atoms with Crippen LogP contribution in [-0.2, 0) is 6.54 Å². The molecule has 154 valence electrons. The van der Waals surface area contributed by atoms with Gasteiger partial charge in [-0.05, 0) is 24.1 Å². The monoisotopic (exact) mass is 407 g/mol. The zero-order chi connectivity index (χ0) is 21.5. The second-order valence-corrected chi connectivity index (χ2v) is 6.37. The fraction of sp³-hybridized carbons (Fsp3) is 0.143. The zero-order valence-corrected chi connectivity index (χ0v) is 16.3. The second-order valence-electron chi connectivity index (χ2n) is 6.37. The smallest absolute Gasteiger partial charge is 0.339 e. The summed E-state index contributed by atoms with van der Waals surface area (Å²) < 4.78 is 1.04. The Balaban J connectivity index is 1.89. The lowest BCUT2D eigenvalue weighted by Crippen LogP contribution is -2.35. The summed E-state index contributed by atoms with van der Waals surface area (Å²) in [6, 6.07) is 17.2. The Labute approximate surface area is 171 Å². The van der Waals surface area contributed by atoms with E-state index in [0.29, 0.717) is 5.69 Å². The van der Waals surface area contributed by atoms with Crippen molar-refractivity contribution in [2.75, 3.05) is 5.32 Å². The highest BCUT2D eigenvalue weighted by Gasteiger charge is 2.19. The van der Waals surface area contributed by atoms with Crippen LogP contribution in [0.2, 0.25) is 0 Å². The molecule has 0 unspecified atom stereocenters. The lowest BCUT2D eigenvalue weighted by molar-refractivity contribution is 0.252. The standard InChI is InChI=1S/C21H21N5O4/c1-2-16(24-25-20(29)22-15-11-7-4-8-12-15)17-18(27)23-21(30)26(19(17)28)13-14-9-5-3-6-10-14/h3-12,28H,2,13H2,1H3,(H2,22,25,29)(H,23,27,30)/b24-16-. The van der Waals surface area contributed by atoms with Gasteiger partial charge in [0.05, 0.1) is 12.3 Å². The van der Waals surface area contributed by atoms with Gasteiger partial charge in [0.25, 0.3) is 5.56 Å². The minimum atomic E-state index is -0.785. The minimum Gasteiger partial charge on any atom is -0.494 e. The molecular formula is C21H21N5O4. The number of H-pyrrole nitrogens is 1. The van der Waals surface area contributed by atoms with E-state index in [1.165, 1.54) is 0 Å². The molecule has 0 aliphatic rings. The van der Waals surface area contributed by atoms with Gasteiger partial charge in [0.15, 0.2) is 0 Å². The van der Waals surface area contributed by atoms with Gasteiger partial charge >= 0.3 is 11.7 Å². The number of carbonyl (C=O) groups excluding carboxylic acids is 1. The van der Waals surface area contributed by atoms with Gasteiger partial charge in [0.2, 0.25) is 5.88 Å². The number of aromatic hydroxyl groups is 1. The maximum Gasteiger partial charge on any atom is 0.339 e. The van der Waals surface area contributed by atoms with Gasteiger partial charge in [-0.3, -0.25) is 14.3 Å². The van der Waals surface area contributed by atoms with Gasteiger partial charge in [-0.25, -0.2) is 15.0 Å². The Hall–Kier alpha value is -4.14. The Morgan fingerprint density at radius 2 is 1.70 bits per heavy atom. The highest BCUT2D eigenvalue weighted by Crippen LogP contribution is 2.15. The molecule has 30 heavy (non-hydrogen) atoms. The molecule has 3 aromatic rings. The molecule has 9 nitrogen and oxygen atoms in total. The number of nitrogens with zero attached hydrogens (tertiary/aromatic N) is 2. The molecule has 0 fully saturated rings. The van der Waals surface area contributed by atoms with Crippen molar-refractivity contribution in [3.8, 4) is 5.88 Å². The predicted octanol–water partition coefficient (Wildman–Crippen LogP) is 2.23. The van der Waals surface area contributed by atoms with E-state index < -0.39 is 23.2 Å². The zero-order valence-electron chi connectivity index (χ0n) is 16.3. The van der Waals surface area contributed by atoms with Crippen LogP contribution in [0.1, 0.15) is 24.5 Å². The highest BCUT2D eigenvalue weighted by molar-refractivity contribution is 6.02. The second kappa shape index (κ2) is 9.37. The van der Waals surface area contributed by atoms with Crippen LogP contribution < -0.4 is 22.0 Å². The van der Waals surface area contributed by atoms with Gasteiger partial charge in [-0.2, -0.15) is 5.10 Å². The van der Waals surface area contributed by atoms with Gasteiger partial charge in [0, 0.05) is 5.69 Å². The predicted molar refractivity (Wildman–Crippen MR) is 114 cm³/mol. The van der Waals surface area contributed by atoms with Crippen molar-refractivity contribution in [3.63, 3.8) is 0 Å². The van der Waals surface area contributed by atoms with Crippen LogP contribution in [0.25, 0.3) is 0 Å². The van der Waals surface area contributed by atoms with Gasteiger partial charge in [-0.1, -0.05) is 55.5 Å². The molecule has 9 heteroatoms. The van der Waals surface area contributed by atoms with Crippen LogP contribution in [0.5, 0.6) is 5.88 Å². The quantitative estimate of drug-likeness (QED) is 0.369. The summed E-state index contributed by atoms with van der Waals surface area (Å²) in [6.07, 6.45) is 0.228. The highest BCUT2D eigenvalue weighted by atomic mass is 16.3. The lowest BCUT2D eigenvalue weighted by atomic mass is 10.1. The molecule has 0 aliphatic carbocycles. The number of para-hydroxylation sites is 1. The molecule has 1 heterocycles. The van der Waals surface area contributed by atoms with Crippen LogP contribution in [0, 0.1) is 0 Å². The van der Waals surface area contributed by atoms with Crippen LogP contribution in [0.4, 0.5) is 10.5 Å². The first kappa shape index (κ1) is 20.6. The largest absolute Gasteiger partial charge is 0.494 e. The third kappa shape index (κ3) is 4.82. The topological polar surface area (TPSA) is 129 Å². The fourth-order valence-corrected chi connectivity index (χ4v) is 2.84. The third-order valence-electron chi connectivity index (χ3n) is 4.30. The summed E-state index contributed by atoms with van der Waals surface area (Å²) in [5.41, 5.74) is 2.07.